The molecule has 194 valence electrons. The van der Waals surface area contributed by atoms with Gasteiger partial charge in [-0.05, 0) is 42.7 Å². The van der Waals surface area contributed by atoms with E-state index in [4.69, 9.17) is 9.29 Å². The number of hydrogen-bond donors (Lipinski definition) is 2. The van der Waals surface area contributed by atoms with E-state index in [1.165, 1.54) is 21.1 Å². The highest BCUT2D eigenvalue weighted by molar-refractivity contribution is 7.92. The summed E-state index contributed by atoms with van der Waals surface area (Å²) in [5.41, 5.74) is 2.19. The zero-order valence-electron chi connectivity index (χ0n) is 19.5. The second-order valence-corrected chi connectivity index (χ2v) is 11.9. The number of anilines is 1. The maximum absolute atomic E-state index is 12.7. The van der Waals surface area contributed by atoms with E-state index in [1.54, 1.807) is 22.9 Å². The molecule has 14 heteroatoms. The van der Waals surface area contributed by atoms with Crippen molar-refractivity contribution in [3.63, 3.8) is 0 Å². The highest BCUT2D eigenvalue weighted by atomic mass is 32.2. The van der Waals surface area contributed by atoms with E-state index in [-0.39, 0.29) is 12.6 Å². The lowest BCUT2D eigenvalue weighted by atomic mass is 10.1. The molecule has 4 aromatic rings. The van der Waals surface area contributed by atoms with Crippen molar-refractivity contribution in [2.75, 3.05) is 17.8 Å². The van der Waals surface area contributed by atoms with E-state index in [9.17, 15) is 12.6 Å². The summed E-state index contributed by atoms with van der Waals surface area (Å²) in [7, 11) is -3.49. The van der Waals surface area contributed by atoms with Crippen LogP contribution in [0.2, 0.25) is 0 Å². The lowest BCUT2D eigenvalue weighted by Gasteiger charge is -2.30. The molecule has 5 rings (SSSR count). The van der Waals surface area contributed by atoms with Gasteiger partial charge in [-0.25, -0.2) is 22.3 Å². The van der Waals surface area contributed by atoms with Crippen molar-refractivity contribution < 1.29 is 21.9 Å². The minimum Gasteiger partial charge on any atom is -0.487 e. The number of sulfonamides is 1. The van der Waals surface area contributed by atoms with Crippen LogP contribution in [0.1, 0.15) is 30.1 Å². The van der Waals surface area contributed by atoms with Crippen molar-refractivity contribution in [1.82, 2.24) is 24.3 Å². The molecule has 2 aromatic carbocycles. The quantitative estimate of drug-likeness (QED) is 0.296. The number of nitrogens with one attached hydrogen (secondary N) is 1. The molecule has 0 radical (unpaired) electrons. The Hall–Kier alpha value is -3.17. The van der Waals surface area contributed by atoms with Crippen LogP contribution in [0.3, 0.4) is 0 Å². The van der Waals surface area contributed by atoms with Crippen LogP contribution >= 0.6 is 11.3 Å². The lowest BCUT2D eigenvalue weighted by molar-refractivity contribution is 0.260. The van der Waals surface area contributed by atoms with Crippen molar-refractivity contribution in [2.45, 2.75) is 25.5 Å². The molecule has 0 spiro atoms. The van der Waals surface area contributed by atoms with E-state index in [0.29, 0.717) is 48.0 Å². The maximum atomic E-state index is 12.7. The van der Waals surface area contributed by atoms with Crippen LogP contribution in [-0.4, -0.2) is 54.6 Å². The summed E-state index contributed by atoms with van der Waals surface area (Å²) in [4.78, 5) is 4.24. The Morgan fingerprint density at radius 3 is 2.73 bits per heavy atom. The fourth-order valence-corrected chi connectivity index (χ4v) is 6.55. The van der Waals surface area contributed by atoms with Gasteiger partial charge in [-0.2, -0.15) is 4.31 Å². The Balaban J connectivity index is 1.15. The molecule has 1 aliphatic rings. The Labute approximate surface area is 220 Å². The fraction of sp³-hybridized carbons (Fsp3) is 0.261. The first-order valence-corrected chi connectivity index (χ1v) is 14.8. The monoisotopic (exact) mass is 560 g/mol. The minimum absolute atomic E-state index is 0.0577. The molecule has 0 amide bonds. The summed E-state index contributed by atoms with van der Waals surface area (Å²) >= 11 is -0.929. The van der Waals surface area contributed by atoms with Gasteiger partial charge in [0, 0.05) is 18.5 Å². The molecule has 1 saturated heterocycles. The van der Waals surface area contributed by atoms with Crippen molar-refractivity contribution in [3.8, 4) is 5.75 Å². The summed E-state index contributed by atoms with van der Waals surface area (Å²) in [6, 6.07) is 14.8. The number of fused-ring (bicyclic) bond motifs is 1. The first kappa shape index (κ1) is 25.5. The summed E-state index contributed by atoms with van der Waals surface area (Å²) in [5, 5.41) is 10.0. The smallest absolute Gasteiger partial charge is 0.260 e. The molecule has 1 atom stereocenters. The zero-order valence-corrected chi connectivity index (χ0v) is 22.0. The van der Waals surface area contributed by atoms with Crippen LogP contribution in [0.25, 0.3) is 16.3 Å². The molecule has 0 aliphatic carbocycles. The molecule has 0 bridgehead atoms. The van der Waals surface area contributed by atoms with Gasteiger partial charge in [-0.3, -0.25) is 9.27 Å². The Morgan fingerprint density at radius 2 is 1.97 bits per heavy atom. The maximum Gasteiger partial charge on any atom is 0.260 e. The number of nitrogens with zero attached hydrogens (tertiary/aromatic N) is 5. The van der Waals surface area contributed by atoms with E-state index in [0.717, 1.165) is 10.3 Å². The van der Waals surface area contributed by atoms with E-state index >= 15 is 0 Å². The second kappa shape index (κ2) is 11.1. The normalized spacial score (nSPS) is 16.4. The van der Waals surface area contributed by atoms with E-state index in [2.05, 4.69) is 20.0 Å². The van der Waals surface area contributed by atoms with Crippen LogP contribution in [0.4, 0.5) is 5.13 Å². The summed E-state index contributed by atoms with van der Waals surface area (Å²) in [5.74, 6) is 0.615. The van der Waals surface area contributed by atoms with Gasteiger partial charge in [0.25, 0.3) is 11.3 Å². The van der Waals surface area contributed by atoms with Crippen molar-refractivity contribution >= 4 is 54.1 Å². The van der Waals surface area contributed by atoms with Gasteiger partial charge >= 0.3 is 0 Å². The SMILES string of the molecule is O=S(O)Nc1nc2ccc(OCc3cn(C4CCN(S(=O)(=O)/C=C/c5ccccc5)CC4)nn3)cc2s1. The van der Waals surface area contributed by atoms with E-state index in [1.807, 2.05) is 42.6 Å². The largest absolute Gasteiger partial charge is 0.487 e. The van der Waals surface area contributed by atoms with Crippen LogP contribution in [0.15, 0.2) is 60.1 Å². The number of thiazole rings is 1. The van der Waals surface area contributed by atoms with Gasteiger partial charge < -0.3 is 4.74 Å². The third kappa shape index (κ3) is 6.40. The molecule has 0 saturated carbocycles. The van der Waals surface area contributed by atoms with Crippen LogP contribution < -0.4 is 9.46 Å². The van der Waals surface area contributed by atoms with Crippen LogP contribution in [0.5, 0.6) is 5.75 Å². The molecule has 1 unspecified atom stereocenters. The number of ether oxygens (including phenoxy) is 1. The summed E-state index contributed by atoms with van der Waals surface area (Å²) in [6.45, 7) is 1.04. The van der Waals surface area contributed by atoms with Gasteiger partial charge in [0.05, 0.1) is 22.5 Å². The van der Waals surface area contributed by atoms with E-state index < -0.39 is 21.3 Å². The Bertz CT molecular complexity index is 1530. The highest BCUT2D eigenvalue weighted by Crippen LogP contribution is 2.30. The molecule has 37 heavy (non-hydrogen) atoms. The van der Waals surface area contributed by atoms with Crippen LogP contribution in [-0.2, 0) is 27.9 Å². The predicted octanol–water partition coefficient (Wildman–Crippen LogP) is 3.65. The fourth-order valence-electron chi connectivity index (χ4n) is 4.00. The van der Waals surface area contributed by atoms with Gasteiger partial charge in [0.15, 0.2) is 5.13 Å². The average Bonchev–Trinajstić information content (AvgIpc) is 3.53. The standard InChI is InChI=1S/C23H24N6O5S3/c30-36(31)26-23-24-21-7-6-20(14-22(21)35-23)34-16-18-15-29(27-25-18)19-8-11-28(12-9-19)37(32,33)13-10-17-4-2-1-3-5-17/h1-7,10,13-15,19H,8-9,11-12,16H2,(H,24,26)(H,30,31)/b13-10+. The number of benzene rings is 2. The third-order valence-corrected chi connectivity index (χ3v) is 8.86. The Morgan fingerprint density at radius 1 is 1.19 bits per heavy atom. The minimum atomic E-state index is -3.49. The summed E-state index contributed by atoms with van der Waals surface area (Å²) in [6.07, 6.45) is 4.72. The average molecular weight is 561 g/mol. The summed E-state index contributed by atoms with van der Waals surface area (Å²) < 4.78 is 57.6. The van der Waals surface area contributed by atoms with Crippen molar-refractivity contribution in [3.05, 3.63) is 71.4 Å². The second-order valence-electron chi connectivity index (χ2n) is 8.37. The predicted molar refractivity (Wildman–Crippen MR) is 143 cm³/mol. The molecule has 1 fully saturated rings. The number of aromatic nitrogens is 4. The van der Waals surface area contributed by atoms with Gasteiger partial charge in [0.2, 0.25) is 10.0 Å². The molecule has 11 nitrogen and oxygen atoms in total. The molecule has 1 aliphatic heterocycles. The van der Waals surface area contributed by atoms with Gasteiger partial charge in [-0.15, -0.1) is 5.10 Å². The first-order chi connectivity index (χ1) is 17.9. The van der Waals surface area contributed by atoms with Crippen molar-refractivity contribution in [1.29, 1.82) is 0 Å². The van der Waals surface area contributed by atoms with Crippen molar-refractivity contribution in [2.24, 2.45) is 0 Å². The highest BCUT2D eigenvalue weighted by Gasteiger charge is 2.27. The molecule has 2 N–H and O–H groups in total. The topological polar surface area (TPSA) is 140 Å². The number of hydrogen-bond acceptors (Lipinski definition) is 8. The third-order valence-electron chi connectivity index (χ3n) is 5.87. The van der Waals surface area contributed by atoms with Crippen LogP contribution in [0, 0.1) is 0 Å². The molecule has 3 heterocycles. The zero-order chi connectivity index (χ0) is 25.8. The number of rotatable bonds is 9. The lowest BCUT2D eigenvalue weighted by Crippen LogP contribution is -2.38. The molecule has 2 aromatic heterocycles. The Kier molecular flexibility index (Phi) is 7.62. The first-order valence-electron chi connectivity index (χ1n) is 11.4. The van der Waals surface area contributed by atoms with Gasteiger partial charge in [-0.1, -0.05) is 46.9 Å². The molecular formula is C23H24N6O5S3. The van der Waals surface area contributed by atoms with Gasteiger partial charge in [0.1, 0.15) is 18.1 Å². The number of piperidine rings is 1. The molecular weight excluding hydrogens is 536 g/mol.